The average Bonchev–Trinajstić information content (AvgIpc) is 2.27. The normalized spacial score (nSPS) is 10.6. The summed E-state index contributed by atoms with van der Waals surface area (Å²) in [6.07, 6.45) is 0. The van der Waals surface area contributed by atoms with Crippen molar-refractivity contribution in [2.45, 2.75) is 0 Å². The second-order valence-corrected chi connectivity index (χ2v) is 5.48. The summed E-state index contributed by atoms with van der Waals surface area (Å²) in [6.45, 7) is -0.441. The van der Waals surface area contributed by atoms with Crippen LogP contribution in [0.1, 0.15) is 0 Å². The summed E-state index contributed by atoms with van der Waals surface area (Å²) in [5.41, 5.74) is 0.505. The van der Waals surface area contributed by atoms with Gasteiger partial charge in [-0.2, -0.15) is 0 Å². The summed E-state index contributed by atoms with van der Waals surface area (Å²) in [7, 11) is 0. The quantitative estimate of drug-likeness (QED) is 0.802. The molecule has 0 radical (unpaired) electrons. The predicted molar refractivity (Wildman–Crippen MR) is 75.3 cm³/mol. The van der Waals surface area contributed by atoms with Crippen LogP contribution < -0.4 is 4.74 Å². The molecule has 2 aromatic rings. The molecule has 0 aliphatic rings. The van der Waals surface area contributed by atoms with Gasteiger partial charge in [-0.3, -0.25) is 0 Å². The zero-order chi connectivity index (χ0) is 13.3. The number of nitrogens with zero attached hydrogens (tertiary/aromatic N) is 1. The number of carboxylic acid groups (broad SMARTS) is 1. The molecule has 2 rings (SSSR count). The SMILES string of the molecule is O=C(O)COc1c(Br)cc(Br)c2ccc(Cl)nc12. The molecule has 7 heteroatoms. The largest absolute Gasteiger partial charge is 0.479 e. The highest BCUT2D eigenvalue weighted by Gasteiger charge is 2.14. The monoisotopic (exact) mass is 393 g/mol. The Morgan fingerprint density at radius 2 is 2.11 bits per heavy atom. The molecule has 1 N–H and O–H groups in total. The zero-order valence-electron chi connectivity index (χ0n) is 8.78. The van der Waals surface area contributed by atoms with Crippen LogP contribution in [-0.4, -0.2) is 22.7 Å². The van der Waals surface area contributed by atoms with Crippen LogP contribution in [0.4, 0.5) is 0 Å². The maximum Gasteiger partial charge on any atom is 0.341 e. The molecule has 0 amide bonds. The van der Waals surface area contributed by atoms with Gasteiger partial charge in [0.25, 0.3) is 0 Å². The summed E-state index contributed by atoms with van der Waals surface area (Å²) in [6, 6.07) is 5.22. The number of benzene rings is 1. The van der Waals surface area contributed by atoms with Crippen LogP contribution in [0.2, 0.25) is 5.15 Å². The Labute approximate surface area is 124 Å². The number of carboxylic acids is 1. The molecule has 0 aliphatic carbocycles. The Morgan fingerprint density at radius 3 is 2.78 bits per heavy atom. The van der Waals surface area contributed by atoms with E-state index in [9.17, 15) is 4.79 Å². The van der Waals surface area contributed by atoms with Crippen LogP contribution in [-0.2, 0) is 4.79 Å². The average molecular weight is 395 g/mol. The Hall–Kier alpha value is -0.850. The lowest BCUT2D eigenvalue weighted by atomic mass is 10.2. The van der Waals surface area contributed by atoms with Crippen molar-refractivity contribution in [2.75, 3.05) is 6.61 Å². The molecule has 0 fully saturated rings. The minimum Gasteiger partial charge on any atom is -0.479 e. The predicted octanol–water partition coefficient (Wildman–Crippen LogP) is 3.88. The van der Waals surface area contributed by atoms with E-state index in [2.05, 4.69) is 36.8 Å². The van der Waals surface area contributed by atoms with Crippen molar-refractivity contribution in [3.05, 3.63) is 32.3 Å². The van der Waals surface area contributed by atoms with Crippen molar-refractivity contribution < 1.29 is 14.6 Å². The Morgan fingerprint density at radius 1 is 1.39 bits per heavy atom. The molecule has 0 spiro atoms. The fraction of sp³-hybridized carbons (Fsp3) is 0.0909. The van der Waals surface area contributed by atoms with Crippen molar-refractivity contribution in [1.29, 1.82) is 0 Å². The molecule has 4 nitrogen and oxygen atoms in total. The van der Waals surface area contributed by atoms with Gasteiger partial charge in [-0.15, -0.1) is 0 Å². The Kier molecular flexibility index (Phi) is 4.09. The van der Waals surface area contributed by atoms with Crippen molar-refractivity contribution in [3.63, 3.8) is 0 Å². The minimum absolute atomic E-state index is 0.313. The number of rotatable bonds is 3. The molecule has 0 saturated heterocycles. The molecule has 0 atom stereocenters. The third-order valence-corrected chi connectivity index (χ3v) is 3.60. The second-order valence-electron chi connectivity index (χ2n) is 3.38. The molecular formula is C11H6Br2ClNO3. The van der Waals surface area contributed by atoms with E-state index >= 15 is 0 Å². The van der Waals surface area contributed by atoms with Crippen LogP contribution in [0.25, 0.3) is 10.9 Å². The molecule has 0 bridgehead atoms. The van der Waals surface area contributed by atoms with Gasteiger partial charge in [-0.1, -0.05) is 27.5 Å². The lowest BCUT2D eigenvalue weighted by Crippen LogP contribution is -2.10. The van der Waals surface area contributed by atoms with E-state index in [-0.39, 0.29) is 0 Å². The highest BCUT2D eigenvalue weighted by atomic mass is 79.9. The van der Waals surface area contributed by atoms with Crippen LogP contribution in [0.3, 0.4) is 0 Å². The Balaban J connectivity index is 2.62. The summed E-state index contributed by atoms with van der Waals surface area (Å²) >= 11 is 12.6. The summed E-state index contributed by atoms with van der Waals surface area (Å²) in [5.74, 6) is -0.696. The molecule has 0 unspecified atom stereocenters. The van der Waals surface area contributed by atoms with E-state index in [0.29, 0.717) is 20.9 Å². The lowest BCUT2D eigenvalue weighted by molar-refractivity contribution is -0.139. The molecule has 94 valence electrons. The Bertz CT molecular complexity index is 633. The smallest absolute Gasteiger partial charge is 0.341 e. The van der Waals surface area contributed by atoms with E-state index < -0.39 is 12.6 Å². The van der Waals surface area contributed by atoms with Gasteiger partial charge in [0, 0.05) is 9.86 Å². The van der Waals surface area contributed by atoms with Gasteiger partial charge in [0.1, 0.15) is 10.7 Å². The summed E-state index contributed by atoms with van der Waals surface area (Å²) in [4.78, 5) is 14.7. The standard InChI is InChI=1S/C11H6Br2ClNO3/c12-6-3-7(13)11(18-4-9(16)17)10-5(6)1-2-8(14)15-10/h1-3H,4H2,(H,16,17). The second kappa shape index (κ2) is 5.42. The number of carbonyl (C=O) groups is 1. The third kappa shape index (κ3) is 2.76. The highest BCUT2D eigenvalue weighted by Crippen LogP contribution is 2.38. The molecule has 1 heterocycles. The van der Waals surface area contributed by atoms with E-state index in [4.69, 9.17) is 21.4 Å². The third-order valence-electron chi connectivity index (χ3n) is 2.14. The molecular weight excluding hydrogens is 389 g/mol. The van der Waals surface area contributed by atoms with Gasteiger partial charge in [-0.05, 0) is 34.1 Å². The van der Waals surface area contributed by atoms with Crippen LogP contribution >= 0.6 is 43.5 Å². The van der Waals surface area contributed by atoms with Crippen LogP contribution in [0, 0.1) is 0 Å². The number of hydrogen-bond donors (Lipinski definition) is 1. The maximum atomic E-state index is 10.6. The first kappa shape index (κ1) is 13.6. The van der Waals surface area contributed by atoms with Crippen molar-refractivity contribution in [2.24, 2.45) is 0 Å². The number of halogens is 3. The molecule has 0 aliphatic heterocycles. The van der Waals surface area contributed by atoms with Gasteiger partial charge in [0.05, 0.1) is 4.47 Å². The zero-order valence-corrected chi connectivity index (χ0v) is 12.7. The molecule has 0 saturated carbocycles. The van der Waals surface area contributed by atoms with Gasteiger partial charge >= 0.3 is 5.97 Å². The maximum absolute atomic E-state index is 10.6. The molecule has 18 heavy (non-hydrogen) atoms. The van der Waals surface area contributed by atoms with Crippen LogP contribution in [0.5, 0.6) is 5.75 Å². The van der Waals surface area contributed by atoms with Crippen molar-refractivity contribution in [1.82, 2.24) is 4.98 Å². The van der Waals surface area contributed by atoms with Crippen molar-refractivity contribution in [3.8, 4) is 5.75 Å². The fourth-order valence-electron chi connectivity index (χ4n) is 1.44. The number of aromatic nitrogens is 1. The first-order valence-corrected chi connectivity index (χ1v) is 6.74. The highest BCUT2D eigenvalue weighted by molar-refractivity contribution is 9.11. The van der Waals surface area contributed by atoms with Crippen LogP contribution in [0.15, 0.2) is 27.1 Å². The van der Waals surface area contributed by atoms with Crippen molar-refractivity contribution >= 4 is 60.3 Å². The number of hydrogen-bond acceptors (Lipinski definition) is 3. The minimum atomic E-state index is -1.06. The van der Waals surface area contributed by atoms with Gasteiger partial charge in [-0.25, -0.2) is 9.78 Å². The summed E-state index contributed by atoms with van der Waals surface area (Å²) < 4.78 is 6.66. The number of ether oxygens (including phenoxy) is 1. The number of pyridine rings is 1. The van der Waals surface area contributed by atoms with E-state index in [1.54, 1.807) is 18.2 Å². The van der Waals surface area contributed by atoms with Gasteiger partial charge < -0.3 is 9.84 Å². The van der Waals surface area contributed by atoms with Gasteiger partial charge in [0.15, 0.2) is 12.4 Å². The first-order valence-electron chi connectivity index (χ1n) is 4.78. The fourth-order valence-corrected chi connectivity index (χ4v) is 2.97. The van der Waals surface area contributed by atoms with E-state index in [1.807, 2.05) is 0 Å². The lowest BCUT2D eigenvalue weighted by Gasteiger charge is -2.10. The first-order chi connectivity index (χ1) is 8.49. The van der Waals surface area contributed by atoms with Gasteiger partial charge in [0.2, 0.25) is 0 Å². The molecule has 1 aromatic heterocycles. The van der Waals surface area contributed by atoms with E-state index in [1.165, 1.54) is 0 Å². The topological polar surface area (TPSA) is 59.4 Å². The number of aliphatic carboxylic acids is 1. The molecule has 1 aromatic carbocycles. The van der Waals surface area contributed by atoms with E-state index in [0.717, 1.165) is 9.86 Å². The number of fused-ring (bicyclic) bond motifs is 1. The summed E-state index contributed by atoms with van der Waals surface area (Å²) in [5, 5.41) is 9.76.